The first-order valence-electron chi connectivity index (χ1n) is 7.26. The molecule has 0 bridgehead atoms. The van der Waals surface area contributed by atoms with E-state index < -0.39 is 6.10 Å². The summed E-state index contributed by atoms with van der Waals surface area (Å²) in [6.07, 6.45) is 0.0689. The van der Waals surface area contributed by atoms with Crippen molar-refractivity contribution in [2.24, 2.45) is 0 Å². The van der Waals surface area contributed by atoms with E-state index in [1.54, 1.807) is 0 Å². The third-order valence-corrected chi connectivity index (χ3v) is 3.90. The molecule has 1 aliphatic rings. The Morgan fingerprint density at radius 3 is 3.10 bits per heavy atom. The number of imidazole rings is 1. The molecule has 1 aliphatic heterocycles. The Morgan fingerprint density at radius 1 is 1.52 bits per heavy atom. The Kier molecular flexibility index (Phi) is 3.90. The SMILES string of the molecule is Cc1nc2ccccc2n1CCNC(=O)[C@@H]1C[C@H](O)CN1. The van der Waals surface area contributed by atoms with E-state index in [9.17, 15) is 9.90 Å². The van der Waals surface area contributed by atoms with Crippen LogP contribution in [0.5, 0.6) is 0 Å². The average Bonchev–Trinajstić information content (AvgIpc) is 3.03. The number of benzene rings is 1. The highest BCUT2D eigenvalue weighted by Crippen LogP contribution is 2.14. The van der Waals surface area contributed by atoms with E-state index in [1.807, 2.05) is 31.2 Å². The number of carbonyl (C=O) groups is 1. The largest absolute Gasteiger partial charge is 0.392 e. The van der Waals surface area contributed by atoms with Crippen molar-refractivity contribution in [3.8, 4) is 0 Å². The van der Waals surface area contributed by atoms with Crippen LogP contribution in [0, 0.1) is 6.92 Å². The van der Waals surface area contributed by atoms with E-state index in [1.165, 1.54) is 0 Å². The molecule has 0 spiro atoms. The number of hydrogen-bond acceptors (Lipinski definition) is 4. The third kappa shape index (κ3) is 2.91. The molecule has 2 heterocycles. The summed E-state index contributed by atoms with van der Waals surface area (Å²) in [4.78, 5) is 16.5. The maximum atomic E-state index is 12.0. The topological polar surface area (TPSA) is 79.2 Å². The van der Waals surface area contributed by atoms with E-state index >= 15 is 0 Å². The summed E-state index contributed by atoms with van der Waals surface area (Å²) in [5.74, 6) is 0.897. The molecule has 6 nitrogen and oxygen atoms in total. The smallest absolute Gasteiger partial charge is 0.237 e. The fourth-order valence-electron chi connectivity index (χ4n) is 2.81. The van der Waals surface area contributed by atoms with Crippen LogP contribution in [0.4, 0.5) is 0 Å². The van der Waals surface area contributed by atoms with Crippen molar-refractivity contribution in [2.75, 3.05) is 13.1 Å². The zero-order chi connectivity index (χ0) is 14.8. The molecule has 0 unspecified atom stereocenters. The number of fused-ring (bicyclic) bond motifs is 1. The number of rotatable bonds is 4. The molecule has 3 rings (SSSR count). The van der Waals surface area contributed by atoms with Crippen molar-refractivity contribution in [1.82, 2.24) is 20.2 Å². The van der Waals surface area contributed by atoms with Crippen LogP contribution < -0.4 is 10.6 Å². The maximum absolute atomic E-state index is 12.0. The van der Waals surface area contributed by atoms with Gasteiger partial charge in [0.1, 0.15) is 5.82 Å². The van der Waals surface area contributed by atoms with Gasteiger partial charge in [0.2, 0.25) is 5.91 Å². The van der Waals surface area contributed by atoms with Crippen LogP contribution in [-0.2, 0) is 11.3 Å². The first-order chi connectivity index (χ1) is 10.1. The monoisotopic (exact) mass is 288 g/mol. The van der Waals surface area contributed by atoms with Gasteiger partial charge in [0, 0.05) is 19.6 Å². The molecule has 112 valence electrons. The Labute approximate surface area is 123 Å². The number of aliphatic hydroxyl groups excluding tert-OH is 1. The zero-order valence-corrected chi connectivity index (χ0v) is 12.0. The highest BCUT2D eigenvalue weighted by molar-refractivity contribution is 5.82. The van der Waals surface area contributed by atoms with Gasteiger partial charge in [-0.1, -0.05) is 12.1 Å². The lowest BCUT2D eigenvalue weighted by molar-refractivity contribution is -0.122. The molecule has 2 aromatic rings. The van der Waals surface area contributed by atoms with Crippen LogP contribution in [0.1, 0.15) is 12.2 Å². The van der Waals surface area contributed by atoms with Crippen LogP contribution in [-0.4, -0.2) is 45.8 Å². The number of β-amino-alcohol motifs (C(OH)–C–C–N with tert-alkyl or cyclic N) is 1. The highest BCUT2D eigenvalue weighted by Gasteiger charge is 2.27. The van der Waals surface area contributed by atoms with Gasteiger partial charge in [0.25, 0.3) is 0 Å². The summed E-state index contributed by atoms with van der Waals surface area (Å²) in [5.41, 5.74) is 2.06. The van der Waals surface area contributed by atoms with Crippen LogP contribution in [0.15, 0.2) is 24.3 Å². The van der Waals surface area contributed by atoms with Crippen molar-refractivity contribution in [3.63, 3.8) is 0 Å². The minimum absolute atomic E-state index is 0.0476. The van der Waals surface area contributed by atoms with Crippen LogP contribution in [0.25, 0.3) is 11.0 Å². The van der Waals surface area contributed by atoms with E-state index in [0.29, 0.717) is 26.1 Å². The van der Waals surface area contributed by atoms with Gasteiger partial charge in [-0.25, -0.2) is 4.98 Å². The second-order valence-corrected chi connectivity index (χ2v) is 5.44. The molecular weight excluding hydrogens is 268 g/mol. The number of aliphatic hydroxyl groups is 1. The fraction of sp³-hybridized carbons (Fsp3) is 0.467. The average molecular weight is 288 g/mol. The van der Waals surface area contributed by atoms with E-state index in [2.05, 4.69) is 20.2 Å². The molecule has 6 heteroatoms. The standard InChI is InChI=1S/C15H20N4O2/c1-10-18-12-4-2-3-5-14(12)19(10)7-6-16-15(21)13-8-11(20)9-17-13/h2-5,11,13,17,20H,6-9H2,1H3,(H,16,21)/t11-,13-/m0/s1. The van der Waals surface area contributed by atoms with Gasteiger partial charge in [0.05, 0.1) is 23.2 Å². The minimum atomic E-state index is -0.416. The lowest BCUT2D eigenvalue weighted by Gasteiger charge is -2.12. The maximum Gasteiger partial charge on any atom is 0.237 e. The Balaban J connectivity index is 1.59. The van der Waals surface area contributed by atoms with Crippen LogP contribution >= 0.6 is 0 Å². The summed E-state index contributed by atoms with van der Waals surface area (Å²) >= 11 is 0. The van der Waals surface area contributed by atoms with E-state index in [4.69, 9.17) is 0 Å². The van der Waals surface area contributed by atoms with Gasteiger partial charge in [-0.15, -0.1) is 0 Å². The molecule has 1 saturated heterocycles. The van der Waals surface area contributed by atoms with Gasteiger partial charge >= 0.3 is 0 Å². The highest BCUT2D eigenvalue weighted by atomic mass is 16.3. The van der Waals surface area contributed by atoms with Crippen molar-refractivity contribution in [2.45, 2.75) is 32.0 Å². The number of nitrogens with zero attached hydrogens (tertiary/aromatic N) is 2. The van der Waals surface area contributed by atoms with Gasteiger partial charge in [-0.3, -0.25) is 4.79 Å². The van der Waals surface area contributed by atoms with E-state index in [-0.39, 0.29) is 11.9 Å². The van der Waals surface area contributed by atoms with Crippen LogP contribution in [0.2, 0.25) is 0 Å². The lowest BCUT2D eigenvalue weighted by Crippen LogP contribution is -2.41. The number of para-hydroxylation sites is 2. The predicted molar refractivity (Wildman–Crippen MR) is 79.9 cm³/mol. The molecule has 2 atom stereocenters. The molecule has 1 aromatic carbocycles. The Hall–Kier alpha value is -1.92. The molecule has 3 N–H and O–H groups in total. The number of amides is 1. The number of hydrogen-bond donors (Lipinski definition) is 3. The zero-order valence-electron chi connectivity index (χ0n) is 12.0. The van der Waals surface area contributed by atoms with Gasteiger partial charge < -0.3 is 20.3 Å². The molecule has 1 aromatic heterocycles. The molecule has 0 saturated carbocycles. The van der Waals surface area contributed by atoms with Crippen molar-refractivity contribution in [3.05, 3.63) is 30.1 Å². The van der Waals surface area contributed by atoms with Crippen molar-refractivity contribution < 1.29 is 9.90 Å². The second kappa shape index (κ2) is 5.83. The number of aromatic nitrogens is 2. The quantitative estimate of drug-likeness (QED) is 0.750. The predicted octanol–water partition coefficient (Wildman–Crippen LogP) is 0.184. The molecule has 0 aliphatic carbocycles. The molecule has 1 fully saturated rings. The number of carbonyl (C=O) groups excluding carboxylic acids is 1. The second-order valence-electron chi connectivity index (χ2n) is 5.44. The van der Waals surface area contributed by atoms with Crippen molar-refractivity contribution in [1.29, 1.82) is 0 Å². The first-order valence-corrected chi connectivity index (χ1v) is 7.26. The lowest BCUT2D eigenvalue weighted by atomic mass is 10.2. The molecule has 0 radical (unpaired) electrons. The number of nitrogens with one attached hydrogen (secondary N) is 2. The first kappa shape index (κ1) is 14.0. The molecular formula is C15H20N4O2. The summed E-state index contributed by atoms with van der Waals surface area (Å²) in [6.45, 7) is 3.70. The van der Waals surface area contributed by atoms with Crippen LogP contribution in [0.3, 0.4) is 0 Å². The van der Waals surface area contributed by atoms with Crippen molar-refractivity contribution >= 4 is 16.9 Å². The fourth-order valence-corrected chi connectivity index (χ4v) is 2.81. The van der Waals surface area contributed by atoms with Gasteiger partial charge in [-0.05, 0) is 25.5 Å². The normalized spacial score (nSPS) is 21.8. The van der Waals surface area contributed by atoms with Gasteiger partial charge in [-0.2, -0.15) is 0 Å². The van der Waals surface area contributed by atoms with E-state index in [0.717, 1.165) is 16.9 Å². The number of aryl methyl sites for hydroxylation is 1. The summed E-state index contributed by atoms with van der Waals surface area (Å²) in [7, 11) is 0. The summed E-state index contributed by atoms with van der Waals surface area (Å²) in [5, 5.41) is 15.3. The third-order valence-electron chi connectivity index (χ3n) is 3.90. The minimum Gasteiger partial charge on any atom is -0.392 e. The molecule has 1 amide bonds. The summed E-state index contributed by atoms with van der Waals surface area (Å²) < 4.78 is 2.10. The Bertz CT molecular complexity index is 652. The Morgan fingerprint density at radius 2 is 2.33 bits per heavy atom. The summed E-state index contributed by atoms with van der Waals surface area (Å²) in [6, 6.07) is 7.70. The molecule has 21 heavy (non-hydrogen) atoms. The van der Waals surface area contributed by atoms with Gasteiger partial charge in [0.15, 0.2) is 0 Å².